The van der Waals surface area contributed by atoms with Crippen LogP contribution in [0.5, 0.6) is 0 Å². The average Bonchev–Trinajstić information content (AvgIpc) is 3.10. The molecule has 1 atom stereocenters. The first-order chi connectivity index (χ1) is 11.4. The monoisotopic (exact) mass is 345 g/mol. The summed E-state index contributed by atoms with van der Waals surface area (Å²) in [6, 6.07) is 4.97. The number of hydrogen-bond acceptors (Lipinski definition) is 5. The lowest BCUT2D eigenvalue weighted by molar-refractivity contribution is -0.120. The Bertz CT molecular complexity index is 926. The Morgan fingerprint density at radius 1 is 1.38 bits per heavy atom. The van der Waals surface area contributed by atoms with Gasteiger partial charge in [0.25, 0.3) is 0 Å². The fraction of sp³-hybridized carbons (Fsp3) is 0.312. The number of aryl methyl sites for hydroxylation is 1. The normalized spacial score (nSPS) is 12.7. The second-order valence-electron chi connectivity index (χ2n) is 5.77. The minimum absolute atomic E-state index is 0.101. The predicted octanol–water partition coefficient (Wildman–Crippen LogP) is 2.08. The van der Waals surface area contributed by atoms with E-state index in [1.165, 1.54) is 0 Å². The highest BCUT2D eigenvalue weighted by molar-refractivity contribution is 7.11. The SMILES string of the molecule is Cc1ncc(CN(C)[C@H](C)C(=O)Nc2ccc3[nH]c(=O)[nH]c3c2)s1. The predicted molar refractivity (Wildman–Crippen MR) is 95.3 cm³/mol. The number of hydrogen-bond donors (Lipinski definition) is 3. The number of likely N-dealkylation sites (N-methyl/N-ethyl adjacent to an activating group) is 1. The van der Waals surface area contributed by atoms with Gasteiger partial charge in [0.15, 0.2) is 0 Å². The Labute approximate surface area is 142 Å². The van der Waals surface area contributed by atoms with Gasteiger partial charge in [-0.2, -0.15) is 0 Å². The lowest BCUT2D eigenvalue weighted by Crippen LogP contribution is -2.39. The summed E-state index contributed by atoms with van der Waals surface area (Å²) in [5.74, 6) is -0.101. The van der Waals surface area contributed by atoms with E-state index in [4.69, 9.17) is 0 Å². The summed E-state index contributed by atoms with van der Waals surface area (Å²) in [5.41, 5.74) is 1.76. The highest BCUT2D eigenvalue weighted by Crippen LogP contribution is 2.17. The molecule has 2 aromatic heterocycles. The Morgan fingerprint density at radius 3 is 2.83 bits per heavy atom. The van der Waals surface area contributed by atoms with Crippen molar-refractivity contribution in [2.24, 2.45) is 0 Å². The fourth-order valence-corrected chi connectivity index (χ4v) is 3.28. The smallest absolute Gasteiger partial charge is 0.323 e. The summed E-state index contributed by atoms with van der Waals surface area (Å²) in [7, 11) is 1.91. The minimum atomic E-state index is -0.298. The van der Waals surface area contributed by atoms with Crippen molar-refractivity contribution < 1.29 is 4.79 Å². The summed E-state index contributed by atoms with van der Waals surface area (Å²) < 4.78 is 0. The Hall–Kier alpha value is -2.45. The summed E-state index contributed by atoms with van der Waals surface area (Å²) in [6.07, 6.45) is 1.84. The van der Waals surface area contributed by atoms with Crippen LogP contribution in [0.15, 0.2) is 29.2 Å². The van der Waals surface area contributed by atoms with Gasteiger partial charge in [0.2, 0.25) is 5.91 Å². The molecule has 0 bridgehead atoms. The van der Waals surface area contributed by atoms with E-state index >= 15 is 0 Å². The molecule has 7 nitrogen and oxygen atoms in total. The molecule has 0 unspecified atom stereocenters. The van der Waals surface area contributed by atoms with Gasteiger partial charge in [-0.1, -0.05) is 0 Å². The number of aromatic amines is 2. The van der Waals surface area contributed by atoms with Crippen LogP contribution in [0.1, 0.15) is 16.8 Å². The van der Waals surface area contributed by atoms with Gasteiger partial charge in [-0.3, -0.25) is 9.69 Å². The molecule has 126 valence electrons. The molecular weight excluding hydrogens is 326 g/mol. The standard InChI is InChI=1S/C16H19N5O2S/c1-9(21(3)8-12-7-17-10(2)24-12)15(22)18-11-4-5-13-14(6-11)20-16(23)19-13/h4-7,9H,8H2,1-3H3,(H,18,22)(H2,19,20,23)/t9-/m1/s1. The van der Waals surface area contributed by atoms with Crippen LogP contribution in [0.4, 0.5) is 5.69 Å². The lowest BCUT2D eigenvalue weighted by atomic mass is 10.2. The molecular formula is C16H19N5O2S. The molecule has 3 rings (SSSR count). The van der Waals surface area contributed by atoms with Gasteiger partial charge < -0.3 is 15.3 Å². The molecule has 3 aromatic rings. The first-order valence-electron chi connectivity index (χ1n) is 7.57. The van der Waals surface area contributed by atoms with Gasteiger partial charge in [0.1, 0.15) is 0 Å². The molecule has 0 saturated carbocycles. The number of thiazole rings is 1. The zero-order chi connectivity index (χ0) is 17.3. The number of fused-ring (bicyclic) bond motifs is 1. The number of carbonyl (C=O) groups is 1. The molecule has 0 fully saturated rings. The van der Waals surface area contributed by atoms with Crippen LogP contribution in [-0.2, 0) is 11.3 Å². The van der Waals surface area contributed by atoms with Crippen LogP contribution < -0.4 is 11.0 Å². The van der Waals surface area contributed by atoms with Crippen LogP contribution >= 0.6 is 11.3 Å². The third-order valence-corrected chi connectivity index (χ3v) is 4.80. The third-order valence-electron chi connectivity index (χ3n) is 3.90. The molecule has 0 aliphatic carbocycles. The van der Waals surface area contributed by atoms with Crippen LogP contribution in [-0.4, -0.2) is 38.8 Å². The van der Waals surface area contributed by atoms with Crippen molar-refractivity contribution in [3.05, 3.63) is 44.8 Å². The molecule has 0 radical (unpaired) electrons. The average molecular weight is 345 g/mol. The van der Waals surface area contributed by atoms with Crippen molar-refractivity contribution in [1.29, 1.82) is 0 Å². The first kappa shape index (κ1) is 16.4. The number of nitrogens with zero attached hydrogens (tertiary/aromatic N) is 2. The number of anilines is 1. The van der Waals surface area contributed by atoms with E-state index in [-0.39, 0.29) is 17.6 Å². The zero-order valence-corrected chi connectivity index (χ0v) is 14.5. The number of rotatable bonds is 5. The quantitative estimate of drug-likeness (QED) is 0.660. The largest absolute Gasteiger partial charge is 0.325 e. The Morgan fingerprint density at radius 2 is 2.12 bits per heavy atom. The molecule has 3 N–H and O–H groups in total. The summed E-state index contributed by atoms with van der Waals surface area (Å²) in [5, 5.41) is 3.90. The van der Waals surface area contributed by atoms with Crippen molar-refractivity contribution >= 4 is 34.0 Å². The number of amides is 1. The number of benzene rings is 1. The van der Waals surface area contributed by atoms with Gasteiger partial charge in [0, 0.05) is 23.3 Å². The Balaban J connectivity index is 1.66. The maximum Gasteiger partial charge on any atom is 0.323 e. The number of carbonyl (C=O) groups excluding carboxylic acids is 1. The molecule has 0 aliphatic heterocycles. The summed E-state index contributed by atoms with van der Waals surface area (Å²) in [4.78, 5) is 36.4. The maximum absolute atomic E-state index is 12.4. The molecule has 1 amide bonds. The molecule has 0 aliphatic rings. The second-order valence-corrected chi connectivity index (χ2v) is 7.08. The van der Waals surface area contributed by atoms with Crippen molar-refractivity contribution in [1.82, 2.24) is 19.9 Å². The summed E-state index contributed by atoms with van der Waals surface area (Å²) >= 11 is 1.63. The van der Waals surface area contributed by atoms with Crippen LogP contribution in [0, 0.1) is 6.92 Å². The van der Waals surface area contributed by atoms with Gasteiger partial charge in [0.05, 0.1) is 22.1 Å². The first-order valence-corrected chi connectivity index (χ1v) is 8.38. The topological polar surface area (TPSA) is 93.9 Å². The van der Waals surface area contributed by atoms with Crippen LogP contribution in [0.3, 0.4) is 0 Å². The van der Waals surface area contributed by atoms with Crippen molar-refractivity contribution in [3.8, 4) is 0 Å². The number of nitrogens with one attached hydrogen (secondary N) is 3. The van der Waals surface area contributed by atoms with E-state index in [9.17, 15) is 9.59 Å². The van der Waals surface area contributed by atoms with E-state index in [0.29, 0.717) is 23.3 Å². The zero-order valence-electron chi connectivity index (χ0n) is 13.7. The number of imidazole rings is 1. The fourth-order valence-electron chi connectivity index (χ4n) is 2.42. The molecule has 0 spiro atoms. The van der Waals surface area contributed by atoms with Crippen molar-refractivity contribution in [3.63, 3.8) is 0 Å². The third kappa shape index (κ3) is 3.55. The van der Waals surface area contributed by atoms with Gasteiger partial charge >= 0.3 is 5.69 Å². The maximum atomic E-state index is 12.4. The van der Waals surface area contributed by atoms with E-state index in [2.05, 4.69) is 20.3 Å². The van der Waals surface area contributed by atoms with E-state index in [1.807, 2.05) is 32.0 Å². The van der Waals surface area contributed by atoms with Crippen LogP contribution in [0.2, 0.25) is 0 Å². The van der Waals surface area contributed by atoms with E-state index < -0.39 is 0 Å². The van der Waals surface area contributed by atoms with Gasteiger partial charge in [-0.15, -0.1) is 11.3 Å². The second kappa shape index (κ2) is 6.58. The van der Waals surface area contributed by atoms with E-state index in [1.54, 1.807) is 29.5 Å². The molecule has 24 heavy (non-hydrogen) atoms. The minimum Gasteiger partial charge on any atom is -0.325 e. The molecule has 0 saturated heterocycles. The molecule has 8 heteroatoms. The molecule has 1 aromatic carbocycles. The summed E-state index contributed by atoms with van der Waals surface area (Å²) in [6.45, 7) is 4.50. The van der Waals surface area contributed by atoms with Gasteiger partial charge in [-0.25, -0.2) is 9.78 Å². The van der Waals surface area contributed by atoms with Gasteiger partial charge in [-0.05, 0) is 39.1 Å². The number of H-pyrrole nitrogens is 2. The van der Waals surface area contributed by atoms with Crippen molar-refractivity contribution in [2.45, 2.75) is 26.4 Å². The highest BCUT2D eigenvalue weighted by atomic mass is 32.1. The Kier molecular flexibility index (Phi) is 4.50. The van der Waals surface area contributed by atoms with Crippen molar-refractivity contribution in [2.75, 3.05) is 12.4 Å². The molecule has 2 heterocycles. The van der Waals surface area contributed by atoms with Crippen LogP contribution in [0.25, 0.3) is 11.0 Å². The van der Waals surface area contributed by atoms with E-state index in [0.717, 1.165) is 9.88 Å². The highest BCUT2D eigenvalue weighted by Gasteiger charge is 2.19. The number of aromatic nitrogens is 3. The lowest BCUT2D eigenvalue weighted by Gasteiger charge is -2.23.